The Bertz CT molecular complexity index is 760. The predicted molar refractivity (Wildman–Crippen MR) is 101 cm³/mol. The number of benzene rings is 1. The number of fused-ring (bicyclic) bond motifs is 1. The molecule has 1 atom stereocenters. The molecule has 0 radical (unpaired) electrons. The van der Waals surface area contributed by atoms with E-state index in [0.717, 1.165) is 42.3 Å². The largest absolute Gasteiger partial charge is 0.383 e. The molecular formula is C17H22N6S. The summed E-state index contributed by atoms with van der Waals surface area (Å²) < 4.78 is 0. The Morgan fingerprint density at radius 2 is 1.83 bits per heavy atom. The molecule has 0 bridgehead atoms. The lowest BCUT2D eigenvalue weighted by Crippen LogP contribution is -2.47. The molecule has 5 N–H and O–H groups in total. The van der Waals surface area contributed by atoms with Crippen molar-refractivity contribution in [3.63, 3.8) is 0 Å². The fourth-order valence-electron chi connectivity index (χ4n) is 3.19. The molecule has 1 aromatic carbocycles. The number of aliphatic imine (C=N–C) groups is 1. The van der Waals surface area contributed by atoms with Crippen LogP contribution in [0.4, 0.5) is 10.7 Å². The van der Waals surface area contributed by atoms with Crippen molar-refractivity contribution in [2.45, 2.75) is 5.79 Å². The lowest BCUT2D eigenvalue weighted by molar-refractivity contribution is 0.313. The van der Waals surface area contributed by atoms with Gasteiger partial charge in [-0.3, -0.25) is 5.73 Å². The van der Waals surface area contributed by atoms with Gasteiger partial charge in [-0.2, -0.15) is 0 Å². The van der Waals surface area contributed by atoms with E-state index in [1.54, 1.807) is 11.3 Å². The van der Waals surface area contributed by atoms with Crippen LogP contribution in [0.2, 0.25) is 0 Å². The van der Waals surface area contributed by atoms with E-state index in [-0.39, 0.29) is 0 Å². The molecule has 3 heterocycles. The Kier molecular flexibility index (Phi) is 3.71. The quantitative estimate of drug-likeness (QED) is 0.768. The molecule has 4 rings (SSSR count). The normalized spacial score (nSPS) is 24.2. The zero-order valence-corrected chi connectivity index (χ0v) is 14.5. The van der Waals surface area contributed by atoms with E-state index >= 15 is 0 Å². The summed E-state index contributed by atoms with van der Waals surface area (Å²) in [4.78, 5) is 9.25. The number of hydrogen-bond donors (Lipinski definition) is 3. The van der Waals surface area contributed by atoms with Gasteiger partial charge in [0.1, 0.15) is 10.8 Å². The first-order valence-corrected chi connectivity index (χ1v) is 8.97. The molecule has 2 aromatic rings. The third kappa shape index (κ3) is 2.64. The number of hydrogen-bond acceptors (Lipinski definition) is 7. The first-order valence-electron chi connectivity index (χ1n) is 8.09. The van der Waals surface area contributed by atoms with Crippen molar-refractivity contribution in [3.05, 3.63) is 46.8 Å². The van der Waals surface area contributed by atoms with Crippen LogP contribution in [-0.4, -0.2) is 44.0 Å². The minimum Gasteiger partial charge on any atom is -0.383 e. The van der Waals surface area contributed by atoms with Crippen LogP contribution in [0, 0.1) is 0 Å². The van der Waals surface area contributed by atoms with Crippen molar-refractivity contribution in [2.24, 2.45) is 16.5 Å². The second-order valence-electron chi connectivity index (χ2n) is 6.39. The van der Waals surface area contributed by atoms with Crippen LogP contribution in [0.25, 0.3) is 0 Å². The van der Waals surface area contributed by atoms with Crippen molar-refractivity contribution in [1.29, 1.82) is 0 Å². The Morgan fingerprint density at radius 1 is 1.12 bits per heavy atom. The Morgan fingerprint density at radius 3 is 2.54 bits per heavy atom. The molecular weight excluding hydrogens is 320 g/mol. The number of rotatable bonds is 2. The smallest absolute Gasteiger partial charge is 0.212 e. The zero-order valence-electron chi connectivity index (χ0n) is 13.7. The molecule has 6 nitrogen and oxygen atoms in total. The maximum absolute atomic E-state index is 6.50. The van der Waals surface area contributed by atoms with E-state index in [9.17, 15) is 0 Å². The Labute approximate surface area is 145 Å². The van der Waals surface area contributed by atoms with Gasteiger partial charge in [0, 0.05) is 37.4 Å². The van der Waals surface area contributed by atoms with Gasteiger partial charge >= 0.3 is 0 Å². The molecule has 0 saturated carbocycles. The summed E-state index contributed by atoms with van der Waals surface area (Å²) in [6.07, 6.45) is 0. The number of nitrogens with two attached hydrogens (primary N) is 2. The van der Waals surface area contributed by atoms with Crippen LogP contribution in [0.5, 0.6) is 0 Å². The predicted octanol–water partition coefficient (Wildman–Crippen LogP) is 1.40. The SMILES string of the molecule is CN1CCN(c2ccc(C3(N)N=C(N)c4ccsc4N3)cc2)CC1. The van der Waals surface area contributed by atoms with Gasteiger partial charge in [0.05, 0.1) is 5.56 Å². The van der Waals surface area contributed by atoms with Crippen LogP contribution >= 0.6 is 11.3 Å². The number of amidine groups is 1. The maximum atomic E-state index is 6.50. The highest BCUT2D eigenvalue weighted by atomic mass is 32.1. The Balaban J connectivity index is 1.58. The fourth-order valence-corrected chi connectivity index (χ4v) is 4.04. The number of piperazine rings is 1. The lowest BCUT2D eigenvalue weighted by atomic mass is 10.1. The van der Waals surface area contributed by atoms with Gasteiger partial charge in [-0.1, -0.05) is 12.1 Å². The van der Waals surface area contributed by atoms with Crippen molar-refractivity contribution in [3.8, 4) is 0 Å². The van der Waals surface area contributed by atoms with Gasteiger partial charge in [0.2, 0.25) is 5.79 Å². The van der Waals surface area contributed by atoms with Crippen molar-refractivity contribution in [2.75, 3.05) is 43.4 Å². The lowest BCUT2D eigenvalue weighted by Gasteiger charge is -2.35. The molecule has 1 saturated heterocycles. The summed E-state index contributed by atoms with van der Waals surface area (Å²) in [5.74, 6) is -0.529. The molecule has 0 amide bonds. The standard InChI is InChI=1S/C17H22N6S/c1-22-7-9-23(10-8-22)13-4-2-12(3-5-13)17(19)20-15(18)14-6-11-24-16(14)21-17/h2-6,11,21H,7-10,19H2,1H3,(H2,18,20). The third-order valence-electron chi connectivity index (χ3n) is 4.72. The maximum Gasteiger partial charge on any atom is 0.212 e. The van der Waals surface area contributed by atoms with E-state index < -0.39 is 5.79 Å². The first kappa shape index (κ1) is 15.4. The number of anilines is 2. The number of thiophene rings is 1. The highest BCUT2D eigenvalue weighted by molar-refractivity contribution is 7.14. The molecule has 1 unspecified atom stereocenters. The fraction of sp³-hybridized carbons (Fsp3) is 0.353. The molecule has 2 aliphatic rings. The van der Waals surface area contributed by atoms with Crippen LogP contribution in [0.15, 0.2) is 40.7 Å². The van der Waals surface area contributed by atoms with Crippen LogP contribution in [-0.2, 0) is 5.79 Å². The molecule has 7 heteroatoms. The van der Waals surface area contributed by atoms with Crippen molar-refractivity contribution >= 4 is 27.9 Å². The second-order valence-corrected chi connectivity index (χ2v) is 7.31. The van der Waals surface area contributed by atoms with Crippen LogP contribution in [0.1, 0.15) is 11.1 Å². The Hall–Kier alpha value is -2.09. The number of nitrogens with zero attached hydrogens (tertiary/aromatic N) is 3. The zero-order chi connectivity index (χ0) is 16.7. The molecule has 0 spiro atoms. The topological polar surface area (TPSA) is 82.9 Å². The summed E-state index contributed by atoms with van der Waals surface area (Å²) in [7, 11) is 2.16. The van der Waals surface area contributed by atoms with Crippen LogP contribution in [0.3, 0.4) is 0 Å². The van der Waals surface area contributed by atoms with Gasteiger partial charge in [0.25, 0.3) is 0 Å². The van der Waals surface area contributed by atoms with Gasteiger partial charge in [-0.15, -0.1) is 11.3 Å². The van der Waals surface area contributed by atoms with Crippen molar-refractivity contribution < 1.29 is 0 Å². The van der Waals surface area contributed by atoms with Gasteiger partial charge in [-0.25, -0.2) is 4.99 Å². The minimum absolute atomic E-state index is 0.482. The van der Waals surface area contributed by atoms with E-state index in [4.69, 9.17) is 11.5 Å². The average molecular weight is 342 g/mol. The summed E-state index contributed by atoms with van der Waals surface area (Å²) in [5.41, 5.74) is 15.6. The van der Waals surface area contributed by atoms with Gasteiger partial charge < -0.3 is 20.9 Å². The summed E-state index contributed by atoms with van der Waals surface area (Å²) >= 11 is 1.59. The molecule has 0 aliphatic carbocycles. The third-order valence-corrected chi connectivity index (χ3v) is 5.55. The summed E-state index contributed by atoms with van der Waals surface area (Å²) in [5, 5.41) is 6.27. The van der Waals surface area contributed by atoms with E-state index in [1.165, 1.54) is 5.69 Å². The monoisotopic (exact) mass is 342 g/mol. The molecule has 126 valence electrons. The highest BCUT2D eigenvalue weighted by Gasteiger charge is 2.32. The van der Waals surface area contributed by atoms with E-state index in [0.29, 0.717) is 5.84 Å². The highest BCUT2D eigenvalue weighted by Crippen LogP contribution is 2.34. The number of likely N-dealkylation sites (N-methyl/N-ethyl adjacent to an activating group) is 1. The van der Waals surface area contributed by atoms with Crippen LogP contribution < -0.4 is 21.7 Å². The summed E-state index contributed by atoms with van der Waals surface area (Å²) in [6, 6.07) is 10.3. The average Bonchev–Trinajstić information content (AvgIpc) is 3.04. The molecule has 1 aromatic heterocycles. The van der Waals surface area contributed by atoms with Gasteiger partial charge in [-0.05, 0) is 30.6 Å². The molecule has 24 heavy (non-hydrogen) atoms. The second kappa shape index (κ2) is 5.77. The molecule has 2 aliphatic heterocycles. The van der Waals surface area contributed by atoms with E-state index in [1.807, 2.05) is 23.6 Å². The number of nitrogens with one attached hydrogen (secondary N) is 1. The summed E-state index contributed by atoms with van der Waals surface area (Å²) in [6.45, 7) is 4.27. The van der Waals surface area contributed by atoms with Crippen molar-refractivity contribution in [1.82, 2.24) is 4.90 Å². The first-order chi connectivity index (χ1) is 11.5. The molecule has 1 fully saturated rings. The minimum atomic E-state index is -1.01. The van der Waals surface area contributed by atoms with E-state index in [2.05, 4.69) is 39.3 Å². The van der Waals surface area contributed by atoms with Gasteiger partial charge in [0.15, 0.2) is 0 Å².